The van der Waals surface area contributed by atoms with E-state index in [1.807, 2.05) is 36.4 Å². The van der Waals surface area contributed by atoms with Crippen molar-refractivity contribution >= 4 is 12.0 Å². The number of rotatable bonds is 4. The highest BCUT2D eigenvalue weighted by Gasteiger charge is 2.12. The van der Waals surface area contributed by atoms with E-state index in [1.54, 1.807) is 12.3 Å². The molecule has 0 aliphatic heterocycles. The summed E-state index contributed by atoms with van der Waals surface area (Å²) in [7, 11) is 0. The number of amides is 1. The molecular formula is C19H22N2O. The lowest BCUT2D eigenvalue weighted by molar-refractivity contribution is -0.116. The van der Waals surface area contributed by atoms with Crippen LogP contribution in [-0.2, 0) is 16.8 Å². The molecule has 1 aromatic heterocycles. The van der Waals surface area contributed by atoms with Crippen LogP contribution in [0, 0.1) is 0 Å². The van der Waals surface area contributed by atoms with Gasteiger partial charge in [0.25, 0.3) is 0 Å². The van der Waals surface area contributed by atoms with Gasteiger partial charge >= 0.3 is 0 Å². The van der Waals surface area contributed by atoms with Crippen LogP contribution in [0.4, 0.5) is 0 Å². The summed E-state index contributed by atoms with van der Waals surface area (Å²) in [4.78, 5) is 16.0. The van der Waals surface area contributed by atoms with Crippen LogP contribution in [-0.4, -0.2) is 10.9 Å². The molecule has 22 heavy (non-hydrogen) atoms. The molecule has 1 aromatic carbocycles. The highest BCUT2D eigenvalue weighted by atomic mass is 16.1. The maximum absolute atomic E-state index is 11.8. The van der Waals surface area contributed by atoms with Gasteiger partial charge in [-0.25, -0.2) is 0 Å². The third-order valence-electron chi connectivity index (χ3n) is 3.37. The number of nitrogens with zero attached hydrogens (tertiary/aromatic N) is 1. The van der Waals surface area contributed by atoms with E-state index in [0.717, 1.165) is 11.3 Å². The van der Waals surface area contributed by atoms with Crippen LogP contribution in [0.5, 0.6) is 0 Å². The second kappa shape index (κ2) is 7.03. The summed E-state index contributed by atoms with van der Waals surface area (Å²) in [5, 5.41) is 2.82. The van der Waals surface area contributed by atoms with Crippen LogP contribution < -0.4 is 5.32 Å². The molecular weight excluding hydrogens is 272 g/mol. The van der Waals surface area contributed by atoms with Gasteiger partial charge in [-0.3, -0.25) is 9.78 Å². The van der Waals surface area contributed by atoms with E-state index in [-0.39, 0.29) is 11.3 Å². The highest BCUT2D eigenvalue weighted by Crippen LogP contribution is 2.22. The summed E-state index contributed by atoms with van der Waals surface area (Å²) in [5.74, 6) is -0.120. The molecule has 0 saturated carbocycles. The molecule has 114 valence electrons. The molecule has 0 fully saturated rings. The summed E-state index contributed by atoms with van der Waals surface area (Å²) in [6, 6.07) is 13.9. The van der Waals surface area contributed by atoms with Gasteiger partial charge < -0.3 is 5.32 Å². The monoisotopic (exact) mass is 294 g/mol. The number of aromatic nitrogens is 1. The van der Waals surface area contributed by atoms with E-state index < -0.39 is 0 Å². The molecule has 1 heterocycles. The lowest BCUT2D eigenvalue weighted by Crippen LogP contribution is -2.20. The van der Waals surface area contributed by atoms with Crippen molar-refractivity contribution in [3.8, 4) is 0 Å². The fraction of sp³-hybridized carbons (Fsp3) is 0.263. The number of benzene rings is 1. The van der Waals surface area contributed by atoms with E-state index in [1.165, 1.54) is 5.56 Å². The van der Waals surface area contributed by atoms with Crippen LogP contribution in [0.15, 0.2) is 54.7 Å². The van der Waals surface area contributed by atoms with Gasteiger partial charge in [0.2, 0.25) is 5.91 Å². The number of hydrogen-bond acceptors (Lipinski definition) is 2. The van der Waals surface area contributed by atoms with Gasteiger partial charge in [0.05, 0.1) is 12.2 Å². The average molecular weight is 294 g/mol. The van der Waals surface area contributed by atoms with Crippen LogP contribution >= 0.6 is 0 Å². The molecule has 3 nitrogen and oxygen atoms in total. The molecule has 0 atom stereocenters. The molecule has 2 aromatic rings. The minimum Gasteiger partial charge on any atom is -0.347 e. The number of carbonyl (C=O) groups excluding carboxylic acids is 1. The largest absolute Gasteiger partial charge is 0.347 e. The smallest absolute Gasteiger partial charge is 0.244 e. The van der Waals surface area contributed by atoms with Crippen molar-refractivity contribution in [2.75, 3.05) is 0 Å². The van der Waals surface area contributed by atoms with Crippen LogP contribution in [0.3, 0.4) is 0 Å². The van der Waals surface area contributed by atoms with Gasteiger partial charge in [-0.1, -0.05) is 51.1 Å². The molecule has 2 rings (SSSR count). The van der Waals surface area contributed by atoms with Crippen LogP contribution in [0.25, 0.3) is 6.08 Å². The topological polar surface area (TPSA) is 42.0 Å². The maximum Gasteiger partial charge on any atom is 0.244 e. The Bertz CT molecular complexity index is 637. The van der Waals surface area contributed by atoms with Crippen molar-refractivity contribution in [2.45, 2.75) is 32.7 Å². The molecule has 0 saturated heterocycles. The van der Waals surface area contributed by atoms with Gasteiger partial charge in [0, 0.05) is 12.3 Å². The third kappa shape index (κ3) is 4.85. The summed E-state index contributed by atoms with van der Waals surface area (Å²) in [5.41, 5.74) is 3.28. The quantitative estimate of drug-likeness (QED) is 0.873. The Morgan fingerprint density at radius 2 is 1.86 bits per heavy atom. The zero-order chi connectivity index (χ0) is 16.0. The number of pyridine rings is 1. The van der Waals surface area contributed by atoms with E-state index in [4.69, 9.17) is 0 Å². The van der Waals surface area contributed by atoms with E-state index in [2.05, 4.69) is 43.2 Å². The standard InChI is InChI=1S/C19H22N2O/c1-19(2,3)16-10-7-15(8-11-16)9-12-18(22)21-14-17-6-4-5-13-20-17/h4-13H,14H2,1-3H3,(H,21,22)/b12-9+. The van der Waals surface area contributed by atoms with Crippen molar-refractivity contribution in [3.05, 3.63) is 71.6 Å². The first-order valence-corrected chi connectivity index (χ1v) is 7.41. The second-order valence-corrected chi connectivity index (χ2v) is 6.24. The zero-order valence-electron chi connectivity index (χ0n) is 13.3. The van der Waals surface area contributed by atoms with Crippen molar-refractivity contribution < 1.29 is 4.79 Å². The third-order valence-corrected chi connectivity index (χ3v) is 3.37. The molecule has 0 aliphatic carbocycles. The predicted octanol–water partition coefficient (Wildman–Crippen LogP) is 3.71. The van der Waals surface area contributed by atoms with E-state index >= 15 is 0 Å². The zero-order valence-corrected chi connectivity index (χ0v) is 13.3. The average Bonchev–Trinajstić information content (AvgIpc) is 2.51. The molecule has 0 bridgehead atoms. The fourth-order valence-corrected chi connectivity index (χ4v) is 2.01. The molecule has 1 N–H and O–H groups in total. The number of nitrogens with one attached hydrogen (secondary N) is 1. The van der Waals surface area contributed by atoms with Gasteiger partial charge in [0.15, 0.2) is 0 Å². The van der Waals surface area contributed by atoms with Crippen molar-refractivity contribution in [1.29, 1.82) is 0 Å². The fourth-order valence-electron chi connectivity index (χ4n) is 2.01. The Morgan fingerprint density at radius 1 is 1.14 bits per heavy atom. The van der Waals surface area contributed by atoms with E-state index in [0.29, 0.717) is 6.54 Å². The summed E-state index contributed by atoms with van der Waals surface area (Å²) >= 11 is 0. The molecule has 0 unspecified atom stereocenters. The SMILES string of the molecule is CC(C)(C)c1ccc(/C=C/C(=O)NCc2ccccn2)cc1. The Morgan fingerprint density at radius 3 is 2.45 bits per heavy atom. The van der Waals surface area contributed by atoms with Crippen LogP contribution in [0.1, 0.15) is 37.6 Å². The van der Waals surface area contributed by atoms with Crippen molar-refractivity contribution in [3.63, 3.8) is 0 Å². The van der Waals surface area contributed by atoms with Crippen molar-refractivity contribution in [1.82, 2.24) is 10.3 Å². The Kier molecular flexibility index (Phi) is 5.10. The molecule has 3 heteroatoms. The van der Waals surface area contributed by atoms with Gasteiger partial charge in [0.1, 0.15) is 0 Å². The summed E-state index contributed by atoms with van der Waals surface area (Å²) in [6.45, 7) is 6.99. The normalized spacial score (nSPS) is 11.6. The minimum absolute atomic E-state index is 0.120. The maximum atomic E-state index is 11.8. The first-order chi connectivity index (χ1) is 10.4. The molecule has 0 spiro atoms. The Labute approximate surface area is 132 Å². The van der Waals surface area contributed by atoms with Gasteiger partial charge in [-0.2, -0.15) is 0 Å². The van der Waals surface area contributed by atoms with Gasteiger partial charge in [-0.05, 0) is 34.8 Å². The van der Waals surface area contributed by atoms with Crippen molar-refractivity contribution in [2.24, 2.45) is 0 Å². The first-order valence-electron chi connectivity index (χ1n) is 7.41. The molecule has 0 radical (unpaired) electrons. The lowest BCUT2D eigenvalue weighted by atomic mass is 9.87. The summed E-state index contributed by atoms with van der Waals surface area (Å²) < 4.78 is 0. The molecule has 1 amide bonds. The lowest BCUT2D eigenvalue weighted by Gasteiger charge is -2.18. The Hall–Kier alpha value is -2.42. The second-order valence-electron chi connectivity index (χ2n) is 6.24. The molecule has 0 aliphatic rings. The first kappa shape index (κ1) is 16.0. The van der Waals surface area contributed by atoms with Crippen LogP contribution in [0.2, 0.25) is 0 Å². The highest BCUT2D eigenvalue weighted by molar-refractivity contribution is 5.91. The number of carbonyl (C=O) groups is 1. The Balaban J connectivity index is 1.90. The number of hydrogen-bond donors (Lipinski definition) is 1. The summed E-state index contributed by atoms with van der Waals surface area (Å²) in [6.07, 6.45) is 5.09. The predicted molar refractivity (Wildman–Crippen MR) is 90.3 cm³/mol. The van der Waals surface area contributed by atoms with Gasteiger partial charge in [-0.15, -0.1) is 0 Å². The van der Waals surface area contributed by atoms with E-state index in [9.17, 15) is 4.79 Å². The minimum atomic E-state index is -0.120.